The van der Waals surface area contributed by atoms with Crippen LogP contribution in [0.15, 0.2) is 83.7 Å². The molecule has 0 unspecified atom stereocenters. The summed E-state index contributed by atoms with van der Waals surface area (Å²) in [4.78, 5) is 21.4. The molecule has 0 aliphatic carbocycles. The zero-order chi connectivity index (χ0) is 27.5. The maximum atomic E-state index is 13.6. The van der Waals surface area contributed by atoms with Gasteiger partial charge in [0.15, 0.2) is 5.82 Å². The van der Waals surface area contributed by atoms with E-state index in [2.05, 4.69) is 73.6 Å². The first-order chi connectivity index (χ1) is 19.6. The minimum atomic E-state index is -0.393. The van der Waals surface area contributed by atoms with Crippen molar-refractivity contribution in [2.24, 2.45) is 0 Å². The van der Waals surface area contributed by atoms with Crippen LogP contribution in [-0.4, -0.2) is 63.4 Å². The molecule has 0 saturated carbocycles. The van der Waals surface area contributed by atoms with Crippen molar-refractivity contribution >= 4 is 16.6 Å². The maximum absolute atomic E-state index is 13.6. The van der Waals surface area contributed by atoms with E-state index < -0.39 is 6.04 Å². The molecule has 6 rings (SSSR count). The van der Waals surface area contributed by atoms with Crippen LogP contribution in [0.5, 0.6) is 5.75 Å². The largest absolute Gasteiger partial charge is 0.497 e. The maximum Gasteiger partial charge on any atom is 0.253 e. The van der Waals surface area contributed by atoms with Crippen molar-refractivity contribution in [1.82, 2.24) is 30.1 Å². The van der Waals surface area contributed by atoms with Crippen molar-refractivity contribution in [1.29, 1.82) is 0 Å². The van der Waals surface area contributed by atoms with Crippen molar-refractivity contribution in [2.45, 2.75) is 25.9 Å². The SMILES string of the molecule is CCc1ccc2[nH]c(=O)c([C@@H](c3nnnn3Cc3ccccc3)N3CCN(c4ccc(OC)cc4)CC3)cc2c1. The number of H-pyrrole nitrogens is 1. The number of rotatable bonds is 8. The third kappa shape index (κ3) is 5.20. The molecule has 5 aromatic rings. The van der Waals surface area contributed by atoms with Crippen LogP contribution in [0.2, 0.25) is 0 Å². The van der Waals surface area contributed by atoms with Crippen LogP contribution < -0.4 is 15.2 Å². The van der Waals surface area contributed by atoms with E-state index in [1.807, 2.05) is 47.1 Å². The Kier molecular flexibility index (Phi) is 7.29. The molecule has 40 heavy (non-hydrogen) atoms. The number of methoxy groups -OCH3 is 1. The zero-order valence-corrected chi connectivity index (χ0v) is 22.8. The fourth-order valence-electron chi connectivity index (χ4n) is 5.50. The molecule has 9 heteroatoms. The molecule has 204 valence electrons. The number of tetrazole rings is 1. The molecule has 0 radical (unpaired) electrons. The average Bonchev–Trinajstić information content (AvgIpc) is 3.45. The Morgan fingerprint density at radius 3 is 2.42 bits per heavy atom. The number of nitrogens with zero attached hydrogens (tertiary/aromatic N) is 6. The molecule has 3 heterocycles. The van der Waals surface area contributed by atoms with E-state index in [-0.39, 0.29) is 5.56 Å². The van der Waals surface area contributed by atoms with Gasteiger partial charge in [0.25, 0.3) is 5.56 Å². The molecule has 0 amide bonds. The summed E-state index contributed by atoms with van der Waals surface area (Å²) in [5.74, 6) is 1.51. The zero-order valence-electron chi connectivity index (χ0n) is 22.8. The van der Waals surface area contributed by atoms with Gasteiger partial charge >= 0.3 is 0 Å². The van der Waals surface area contributed by atoms with Crippen molar-refractivity contribution < 1.29 is 4.74 Å². The number of aromatic amines is 1. The molecule has 0 bridgehead atoms. The van der Waals surface area contributed by atoms with Gasteiger partial charge in [0.1, 0.15) is 11.8 Å². The lowest BCUT2D eigenvalue weighted by Crippen LogP contribution is -2.49. The van der Waals surface area contributed by atoms with Crippen LogP contribution in [0.25, 0.3) is 10.9 Å². The van der Waals surface area contributed by atoms with Crippen LogP contribution in [-0.2, 0) is 13.0 Å². The van der Waals surface area contributed by atoms with Crippen LogP contribution in [0.1, 0.15) is 35.5 Å². The number of hydrogen-bond acceptors (Lipinski definition) is 7. The van der Waals surface area contributed by atoms with Crippen LogP contribution in [0.3, 0.4) is 0 Å². The molecule has 9 nitrogen and oxygen atoms in total. The second-order valence-corrected chi connectivity index (χ2v) is 10.1. The van der Waals surface area contributed by atoms with Crippen molar-refractivity contribution in [2.75, 3.05) is 38.2 Å². The first-order valence-corrected chi connectivity index (χ1v) is 13.7. The second kappa shape index (κ2) is 11.3. The van der Waals surface area contributed by atoms with Crippen molar-refractivity contribution in [3.8, 4) is 5.75 Å². The van der Waals surface area contributed by atoms with Crippen molar-refractivity contribution in [3.05, 3.63) is 112 Å². The van der Waals surface area contributed by atoms with Gasteiger partial charge < -0.3 is 14.6 Å². The minimum absolute atomic E-state index is 0.117. The van der Waals surface area contributed by atoms with Gasteiger partial charge in [0.05, 0.1) is 13.7 Å². The molecule has 1 atom stereocenters. The topological polar surface area (TPSA) is 92.2 Å². The summed E-state index contributed by atoms with van der Waals surface area (Å²) in [5, 5.41) is 13.9. The first kappa shape index (κ1) is 25.8. The lowest BCUT2D eigenvalue weighted by molar-refractivity contribution is 0.200. The molecule has 1 fully saturated rings. The average molecular weight is 536 g/mol. The highest BCUT2D eigenvalue weighted by Crippen LogP contribution is 2.30. The van der Waals surface area contributed by atoms with Gasteiger partial charge in [-0.2, -0.15) is 0 Å². The van der Waals surface area contributed by atoms with Gasteiger partial charge in [-0.25, -0.2) is 4.68 Å². The van der Waals surface area contributed by atoms with Gasteiger partial charge in [0.2, 0.25) is 0 Å². The number of ether oxygens (including phenoxy) is 1. The summed E-state index contributed by atoms with van der Waals surface area (Å²) in [5.41, 5.74) is 4.85. The van der Waals surface area contributed by atoms with Gasteiger partial charge in [-0.1, -0.05) is 43.3 Å². The predicted octanol–water partition coefficient (Wildman–Crippen LogP) is 4.05. The van der Waals surface area contributed by atoms with Gasteiger partial charge in [-0.15, -0.1) is 5.10 Å². The Morgan fingerprint density at radius 1 is 0.925 bits per heavy atom. The lowest BCUT2D eigenvalue weighted by Gasteiger charge is -2.39. The molecular formula is C31H33N7O2. The normalized spacial score (nSPS) is 14.9. The van der Waals surface area contributed by atoms with E-state index in [0.717, 1.165) is 60.5 Å². The van der Waals surface area contributed by atoms with Crippen molar-refractivity contribution in [3.63, 3.8) is 0 Å². The summed E-state index contributed by atoms with van der Waals surface area (Å²) in [6.07, 6.45) is 0.927. The highest BCUT2D eigenvalue weighted by Gasteiger charge is 2.33. The van der Waals surface area contributed by atoms with E-state index >= 15 is 0 Å². The molecule has 1 aliphatic heterocycles. The summed E-state index contributed by atoms with van der Waals surface area (Å²) >= 11 is 0. The number of pyridine rings is 1. The van der Waals surface area contributed by atoms with E-state index in [9.17, 15) is 4.79 Å². The van der Waals surface area contributed by atoms with Gasteiger partial charge in [-0.3, -0.25) is 9.69 Å². The molecule has 3 aromatic carbocycles. The summed E-state index contributed by atoms with van der Waals surface area (Å²) in [7, 11) is 1.68. The Morgan fingerprint density at radius 2 is 1.70 bits per heavy atom. The Bertz CT molecular complexity index is 1640. The third-order valence-corrected chi connectivity index (χ3v) is 7.74. The molecule has 1 aliphatic rings. The predicted molar refractivity (Wildman–Crippen MR) is 156 cm³/mol. The second-order valence-electron chi connectivity index (χ2n) is 10.1. The first-order valence-electron chi connectivity index (χ1n) is 13.7. The highest BCUT2D eigenvalue weighted by molar-refractivity contribution is 5.80. The van der Waals surface area contributed by atoms with Gasteiger partial charge in [0, 0.05) is 42.9 Å². The third-order valence-electron chi connectivity index (χ3n) is 7.74. The van der Waals surface area contributed by atoms with E-state index in [0.29, 0.717) is 17.9 Å². The quantitative estimate of drug-likeness (QED) is 0.321. The van der Waals surface area contributed by atoms with E-state index in [1.165, 1.54) is 5.56 Å². The Labute approximate surface area is 233 Å². The molecule has 1 saturated heterocycles. The summed E-state index contributed by atoms with van der Waals surface area (Å²) < 4.78 is 7.15. The fourth-order valence-corrected chi connectivity index (χ4v) is 5.50. The van der Waals surface area contributed by atoms with Crippen LogP contribution in [0, 0.1) is 0 Å². The number of aromatic nitrogens is 5. The number of piperazine rings is 1. The van der Waals surface area contributed by atoms with Crippen LogP contribution in [0.4, 0.5) is 5.69 Å². The summed E-state index contributed by atoms with van der Waals surface area (Å²) in [6, 6.07) is 26.1. The monoisotopic (exact) mass is 535 g/mol. The van der Waals surface area contributed by atoms with E-state index in [1.54, 1.807) is 7.11 Å². The van der Waals surface area contributed by atoms with E-state index in [4.69, 9.17) is 4.74 Å². The lowest BCUT2D eigenvalue weighted by atomic mass is 10.0. The van der Waals surface area contributed by atoms with Gasteiger partial charge in [-0.05, 0) is 75.8 Å². The smallest absolute Gasteiger partial charge is 0.253 e. The number of nitrogens with one attached hydrogen (secondary N) is 1. The molecule has 1 N–H and O–H groups in total. The summed E-state index contributed by atoms with van der Waals surface area (Å²) in [6.45, 7) is 5.79. The van der Waals surface area contributed by atoms with Crippen LogP contribution >= 0.6 is 0 Å². The Balaban J connectivity index is 1.37. The fraction of sp³-hybridized carbons (Fsp3) is 0.290. The molecular weight excluding hydrogens is 502 g/mol. The number of benzene rings is 3. The number of fused-ring (bicyclic) bond motifs is 1. The highest BCUT2D eigenvalue weighted by atomic mass is 16.5. The minimum Gasteiger partial charge on any atom is -0.497 e. The Hall–Kier alpha value is -4.50. The molecule has 0 spiro atoms. The number of aryl methyl sites for hydroxylation is 1. The standard InChI is InChI=1S/C31H33N7O2/c1-3-22-9-14-28-24(19-22)20-27(31(39)32-28)29(30-33-34-35-38(30)21-23-7-5-4-6-8-23)37-17-15-36(16-18-37)25-10-12-26(40-2)13-11-25/h4-14,19-20,29H,3,15-18,21H2,1-2H3,(H,32,39)/t29-/m0/s1. The number of anilines is 1. The molecule has 2 aromatic heterocycles. The number of hydrogen-bond donors (Lipinski definition) is 1.